The van der Waals surface area contributed by atoms with Crippen molar-refractivity contribution in [2.45, 2.75) is 25.4 Å². The molecule has 0 amide bonds. The third-order valence-electron chi connectivity index (χ3n) is 2.70. The van der Waals surface area contributed by atoms with Gasteiger partial charge in [-0.3, -0.25) is 0 Å². The minimum Gasteiger partial charge on any atom is -0.332 e. The molecule has 1 unspecified atom stereocenters. The van der Waals surface area contributed by atoms with Crippen molar-refractivity contribution in [3.8, 4) is 0 Å². The molecule has 0 bridgehead atoms. The van der Waals surface area contributed by atoms with E-state index in [1.165, 1.54) is 18.5 Å². The molecule has 2 heterocycles. The molecule has 1 aromatic rings. The van der Waals surface area contributed by atoms with Crippen molar-refractivity contribution in [1.82, 2.24) is 14.9 Å². The average Bonchev–Trinajstić information content (AvgIpc) is 2.84. The van der Waals surface area contributed by atoms with Gasteiger partial charge in [0.1, 0.15) is 0 Å². The van der Waals surface area contributed by atoms with Crippen LogP contribution >= 0.6 is 11.8 Å². The fourth-order valence-corrected chi connectivity index (χ4v) is 2.31. The highest BCUT2D eigenvalue weighted by molar-refractivity contribution is 7.98. The van der Waals surface area contributed by atoms with E-state index in [0.29, 0.717) is 6.04 Å². The molecule has 1 N–H and O–H groups in total. The van der Waals surface area contributed by atoms with Crippen LogP contribution in [-0.4, -0.2) is 28.1 Å². The topological polar surface area (TPSA) is 29.9 Å². The number of hydrogen-bond donors (Lipinski definition) is 1. The number of rotatable bonds is 4. The Hall–Kier alpha value is -0.480. The number of nitrogens with one attached hydrogen (secondary N) is 1. The van der Waals surface area contributed by atoms with Crippen LogP contribution < -0.4 is 5.32 Å². The average molecular weight is 211 g/mol. The summed E-state index contributed by atoms with van der Waals surface area (Å²) >= 11 is 1.88. The van der Waals surface area contributed by atoms with Gasteiger partial charge < -0.3 is 9.88 Å². The fraction of sp³-hybridized carbons (Fsp3) is 0.700. The summed E-state index contributed by atoms with van der Waals surface area (Å²) in [5.74, 6) is 1.16. The van der Waals surface area contributed by atoms with Gasteiger partial charge in [-0.2, -0.15) is 11.8 Å². The lowest BCUT2D eigenvalue weighted by Gasteiger charge is -2.13. The first kappa shape index (κ1) is 10.1. The Morgan fingerprint density at radius 1 is 1.71 bits per heavy atom. The van der Waals surface area contributed by atoms with Crippen molar-refractivity contribution >= 4 is 11.8 Å². The smallest absolute Gasteiger partial charge is 0.0948 e. The molecule has 0 radical (unpaired) electrons. The van der Waals surface area contributed by atoms with Crippen LogP contribution in [0.2, 0.25) is 0 Å². The van der Waals surface area contributed by atoms with Crippen molar-refractivity contribution in [3.05, 3.63) is 18.2 Å². The van der Waals surface area contributed by atoms with E-state index in [4.69, 9.17) is 0 Å². The highest BCUT2D eigenvalue weighted by Crippen LogP contribution is 2.22. The predicted molar refractivity (Wildman–Crippen MR) is 60.6 cm³/mol. The zero-order valence-corrected chi connectivity index (χ0v) is 9.39. The van der Waals surface area contributed by atoms with Gasteiger partial charge >= 0.3 is 0 Å². The van der Waals surface area contributed by atoms with Gasteiger partial charge in [0.05, 0.1) is 12.0 Å². The lowest BCUT2D eigenvalue weighted by atomic mass is 10.2. The molecule has 3 nitrogen and oxygen atoms in total. The van der Waals surface area contributed by atoms with Crippen molar-refractivity contribution < 1.29 is 0 Å². The third kappa shape index (κ3) is 2.12. The minimum absolute atomic E-state index is 0.541. The van der Waals surface area contributed by atoms with Crippen LogP contribution in [0.5, 0.6) is 0 Å². The molecule has 1 saturated heterocycles. The minimum atomic E-state index is 0.541. The van der Waals surface area contributed by atoms with Gasteiger partial charge in [0.2, 0.25) is 0 Å². The van der Waals surface area contributed by atoms with E-state index in [1.54, 1.807) is 0 Å². The van der Waals surface area contributed by atoms with Crippen LogP contribution in [0.3, 0.4) is 0 Å². The molecule has 78 valence electrons. The number of nitrogens with zero attached hydrogens (tertiary/aromatic N) is 2. The Morgan fingerprint density at radius 2 is 2.64 bits per heavy atom. The molecule has 0 aromatic carbocycles. The largest absolute Gasteiger partial charge is 0.332 e. The summed E-state index contributed by atoms with van der Waals surface area (Å²) < 4.78 is 2.28. The molecule has 1 aromatic heterocycles. The van der Waals surface area contributed by atoms with E-state index >= 15 is 0 Å². The number of aryl methyl sites for hydroxylation is 1. The molecular weight excluding hydrogens is 194 g/mol. The Balaban J connectivity index is 2.04. The number of thioether (sulfide) groups is 1. The zero-order valence-electron chi connectivity index (χ0n) is 8.57. The Kier molecular flexibility index (Phi) is 3.48. The van der Waals surface area contributed by atoms with Gasteiger partial charge in [-0.1, -0.05) is 0 Å². The second-order valence-electron chi connectivity index (χ2n) is 3.65. The molecular formula is C10H17N3S. The summed E-state index contributed by atoms with van der Waals surface area (Å²) in [6.45, 7) is 2.23. The monoisotopic (exact) mass is 211 g/mol. The fourth-order valence-electron chi connectivity index (χ4n) is 1.93. The molecule has 1 fully saturated rings. The molecule has 0 spiro atoms. The van der Waals surface area contributed by atoms with Gasteiger partial charge in [0, 0.05) is 24.5 Å². The Bertz CT molecular complexity index is 279. The zero-order chi connectivity index (χ0) is 9.80. The Morgan fingerprint density at radius 3 is 3.36 bits per heavy atom. The summed E-state index contributed by atoms with van der Waals surface area (Å²) in [6, 6.07) is 0.541. The lowest BCUT2D eigenvalue weighted by molar-refractivity contribution is 0.579. The first-order valence-corrected chi connectivity index (χ1v) is 6.53. The van der Waals surface area contributed by atoms with Crippen LogP contribution in [0.15, 0.2) is 12.5 Å². The molecule has 0 aliphatic carbocycles. The van der Waals surface area contributed by atoms with Gasteiger partial charge in [-0.05, 0) is 25.6 Å². The highest BCUT2D eigenvalue weighted by Gasteiger charge is 2.19. The summed E-state index contributed by atoms with van der Waals surface area (Å²) in [4.78, 5) is 4.23. The third-order valence-corrected chi connectivity index (χ3v) is 3.29. The van der Waals surface area contributed by atoms with Crippen molar-refractivity contribution in [2.24, 2.45) is 0 Å². The quantitative estimate of drug-likeness (QED) is 0.821. The van der Waals surface area contributed by atoms with Gasteiger partial charge in [-0.15, -0.1) is 0 Å². The number of hydrogen-bond acceptors (Lipinski definition) is 3. The standard InChI is InChI=1S/C10H17N3S/c1-14-6-5-13-8-11-7-10(13)9-3-2-4-12-9/h7-9,12H,2-6H2,1H3. The van der Waals surface area contributed by atoms with E-state index in [-0.39, 0.29) is 0 Å². The predicted octanol–water partition coefficient (Wildman–Crippen LogP) is 1.67. The lowest BCUT2D eigenvalue weighted by Crippen LogP contribution is -2.17. The molecule has 4 heteroatoms. The first-order valence-electron chi connectivity index (χ1n) is 5.14. The second-order valence-corrected chi connectivity index (χ2v) is 4.64. The Labute approximate surface area is 89.3 Å². The first-order chi connectivity index (χ1) is 6.92. The number of aromatic nitrogens is 2. The maximum Gasteiger partial charge on any atom is 0.0948 e. The summed E-state index contributed by atoms with van der Waals surface area (Å²) in [7, 11) is 0. The van der Waals surface area contributed by atoms with E-state index in [0.717, 1.165) is 18.8 Å². The molecule has 2 rings (SSSR count). The van der Waals surface area contributed by atoms with Gasteiger partial charge in [-0.25, -0.2) is 4.98 Å². The molecule has 14 heavy (non-hydrogen) atoms. The molecule has 1 aliphatic heterocycles. The second kappa shape index (κ2) is 4.84. The molecule has 0 saturated carbocycles. The summed E-state index contributed by atoms with van der Waals surface area (Å²) in [6.07, 6.45) is 8.64. The normalized spacial score (nSPS) is 21.6. The van der Waals surface area contributed by atoms with E-state index in [9.17, 15) is 0 Å². The van der Waals surface area contributed by atoms with Crippen LogP contribution in [0.4, 0.5) is 0 Å². The van der Waals surface area contributed by atoms with Crippen molar-refractivity contribution in [1.29, 1.82) is 0 Å². The summed E-state index contributed by atoms with van der Waals surface area (Å²) in [5, 5.41) is 3.51. The van der Waals surface area contributed by atoms with Crippen LogP contribution in [-0.2, 0) is 6.54 Å². The van der Waals surface area contributed by atoms with E-state index in [2.05, 4.69) is 21.1 Å². The molecule has 1 atom stereocenters. The van der Waals surface area contributed by atoms with Gasteiger partial charge in [0.25, 0.3) is 0 Å². The van der Waals surface area contributed by atoms with Crippen molar-refractivity contribution in [3.63, 3.8) is 0 Å². The SMILES string of the molecule is CSCCn1cncc1C1CCCN1. The molecule has 1 aliphatic rings. The maximum absolute atomic E-state index is 4.23. The van der Waals surface area contributed by atoms with Crippen LogP contribution in [0.1, 0.15) is 24.6 Å². The van der Waals surface area contributed by atoms with Gasteiger partial charge in [0.15, 0.2) is 0 Å². The highest BCUT2D eigenvalue weighted by atomic mass is 32.2. The maximum atomic E-state index is 4.23. The number of imidazole rings is 1. The van der Waals surface area contributed by atoms with Crippen LogP contribution in [0, 0.1) is 0 Å². The van der Waals surface area contributed by atoms with E-state index < -0.39 is 0 Å². The van der Waals surface area contributed by atoms with E-state index in [1.807, 2.05) is 24.3 Å². The summed E-state index contributed by atoms with van der Waals surface area (Å²) in [5.41, 5.74) is 1.36. The van der Waals surface area contributed by atoms with Crippen LogP contribution in [0.25, 0.3) is 0 Å². The van der Waals surface area contributed by atoms with Crippen molar-refractivity contribution in [2.75, 3.05) is 18.6 Å².